The van der Waals surface area contributed by atoms with Crippen LogP contribution >= 0.6 is 11.3 Å². The lowest BCUT2D eigenvalue weighted by Gasteiger charge is -2.30. The molecule has 0 aliphatic carbocycles. The van der Waals surface area contributed by atoms with Gasteiger partial charge in [-0.1, -0.05) is 5.16 Å². The molecule has 7 nitrogen and oxygen atoms in total. The molecule has 1 saturated heterocycles. The van der Waals surface area contributed by atoms with Crippen molar-refractivity contribution in [2.45, 2.75) is 33.2 Å². The Hall–Kier alpha value is -1.80. The molecule has 1 atom stereocenters. The number of rotatable bonds is 5. The molecule has 0 spiro atoms. The van der Waals surface area contributed by atoms with Crippen LogP contribution in [0.1, 0.15) is 31.3 Å². The molecule has 3 heterocycles. The summed E-state index contributed by atoms with van der Waals surface area (Å²) in [6.07, 6.45) is 1.86. The van der Waals surface area contributed by atoms with Gasteiger partial charge in [-0.3, -0.25) is 9.69 Å². The fourth-order valence-electron chi connectivity index (χ4n) is 2.77. The van der Waals surface area contributed by atoms with E-state index in [1.165, 1.54) is 11.3 Å². The van der Waals surface area contributed by atoms with Gasteiger partial charge in [0.05, 0.1) is 30.3 Å². The number of esters is 1. The molecule has 1 aliphatic rings. The number of carbonyl (C=O) groups is 1. The molecule has 0 amide bonds. The van der Waals surface area contributed by atoms with Gasteiger partial charge in [-0.15, -0.1) is 11.3 Å². The van der Waals surface area contributed by atoms with Crippen molar-refractivity contribution in [3.63, 3.8) is 0 Å². The predicted octanol–water partition coefficient (Wildman–Crippen LogP) is 2.28. The summed E-state index contributed by atoms with van der Waals surface area (Å²) in [5.74, 6) is 0.987. The van der Waals surface area contributed by atoms with Gasteiger partial charge >= 0.3 is 5.97 Å². The van der Waals surface area contributed by atoms with Crippen LogP contribution in [0.5, 0.6) is 0 Å². The molecule has 0 radical (unpaired) electrons. The highest BCUT2D eigenvalue weighted by atomic mass is 32.1. The largest absolute Gasteiger partial charge is 0.466 e. The van der Waals surface area contributed by atoms with Crippen LogP contribution in [0.3, 0.4) is 0 Å². The Balaban J connectivity index is 1.62. The van der Waals surface area contributed by atoms with E-state index in [4.69, 9.17) is 9.26 Å². The minimum Gasteiger partial charge on any atom is -0.466 e. The maximum Gasteiger partial charge on any atom is 0.310 e. The van der Waals surface area contributed by atoms with Crippen LogP contribution in [-0.4, -0.2) is 45.7 Å². The van der Waals surface area contributed by atoms with E-state index in [9.17, 15) is 4.79 Å². The van der Waals surface area contributed by atoms with Gasteiger partial charge in [0.15, 0.2) is 5.82 Å². The first-order chi connectivity index (χ1) is 11.2. The van der Waals surface area contributed by atoms with Crippen LogP contribution in [0.4, 0.5) is 0 Å². The smallest absolute Gasteiger partial charge is 0.310 e. The third kappa shape index (κ3) is 3.76. The fourth-order valence-corrected chi connectivity index (χ4v) is 3.49. The van der Waals surface area contributed by atoms with Crippen molar-refractivity contribution in [2.24, 2.45) is 5.92 Å². The zero-order valence-corrected chi connectivity index (χ0v) is 14.1. The van der Waals surface area contributed by atoms with Crippen molar-refractivity contribution < 1.29 is 14.1 Å². The molecule has 0 bridgehead atoms. The number of carbonyl (C=O) groups excluding carboxylic acids is 1. The first-order valence-electron chi connectivity index (χ1n) is 7.79. The lowest BCUT2D eigenvalue weighted by molar-refractivity contribution is -0.150. The minimum absolute atomic E-state index is 0.0567. The Morgan fingerprint density at radius 3 is 3.17 bits per heavy atom. The van der Waals surface area contributed by atoms with E-state index >= 15 is 0 Å². The number of ether oxygens (including phenoxy) is 1. The third-order valence-electron chi connectivity index (χ3n) is 3.90. The first-order valence-corrected chi connectivity index (χ1v) is 8.67. The van der Waals surface area contributed by atoms with E-state index < -0.39 is 0 Å². The van der Waals surface area contributed by atoms with Crippen LogP contribution in [-0.2, 0) is 16.1 Å². The average Bonchev–Trinajstić information content (AvgIpc) is 3.16. The van der Waals surface area contributed by atoms with Crippen molar-refractivity contribution >= 4 is 17.3 Å². The monoisotopic (exact) mass is 336 g/mol. The van der Waals surface area contributed by atoms with Gasteiger partial charge in [-0.25, -0.2) is 4.98 Å². The van der Waals surface area contributed by atoms with Crippen LogP contribution in [0, 0.1) is 12.8 Å². The summed E-state index contributed by atoms with van der Waals surface area (Å²) < 4.78 is 10.5. The maximum absolute atomic E-state index is 11.9. The highest BCUT2D eigenvalue weighted by molar-refractivity contribution is 7.13. The zero-order valence-electron chi connectivity index (χ0n) is 13.3. The minimum atomic E-state index is -0.105. The van der Waals surface area contributed by atoms with E-state index in [0.717, 1.165) is 30.0 Å². The van der Waals surface area contributed by atoms with E-state index in [2.05, 4.69) is 20.0 Å². The van der Waals surface area contributed by atoms with Gasteiger partial charge in [0.2, 0.25) is 0 Å². The molecule has 23 heavy (non-hydrogen) atoms. The Kier molecular flexibility index (Phi) is 5.02. The van der Waals surface area contributed by atoms with Gasteiger partial charge in [0.1, 0.15) is 4.88 Å². The SMILES string of the molecule is CCOC(=O)[C@H]1CCCN(Cc2noc(-c3scnc3C)n2)C1. The number of nitrogens with zero attached hydrogens (tertiary/aromatic N) is 4. The summed E-state index contributed by atoms with van der Waals surface area (Å²) in [7, 11) is 0. The van der Waals surface area contributed by atoms with Crippen molar-refractivity contribution in [3.8, 4) is 10.8 Å². The van der Waals surface area contributed by atoms with E-state index in [1.807, 2.05) is 13.8 Å². The molecule has 0 aromatic carbocycles. The van der Waals surface area contributed by atoms with Crippen molar-refractivity contribution in [3.05, 3.63) is 17.0 Å². The Labute approximate surface area is 138 Å². The molecular weight excluding hydrogens is 316 g/mol. The van der Waals surface area contributed by atoms with E-state index in [-0.39, 0.29) is 11.9 Å². The third-order valence-corrected chi connectivity index (χ3v) is 4.81. The Morgan fingerprint density at radius 1 is 1.57 bits per heavy atom. The highest BCUT2D eigenvalue weighted by Gasteiger charge is 2.27. The van der Waals surface area contributed by atoms with E-state index in [1.54, 1.807) is 5.51 Å². The lowest BCUT2D eigenvalue weighted by atomic mass is 9.98. The molecule has 1 fully saturated rings. The second-order valence-corrected chi connectivity index (χ2v) is 6.46. The standard InChI is InChI=1S/C15H20N4O3S/c1-3-21-15(20)11-5-4-6-19(7-11)8-12-17-14(22-18-12)13-10(2)16-9-23-13/h9,11H,3-8H2,1-2H3/t11-/m0/s1. The quantitative estimate of drug-likeness (QED) is 0.775. The Morgan fingerprint density at radius 2 is 2.43 bits per heavy atom. The van der Waals surface area contributed by atoms with E-state index in [0.29, 0.717) is 31.4 Å². The molecular formula is C15H20N4O3S. The second-order valence-electron chi connectivity index (χ2n) is 5.61. The molecule has 0 N–H and O–H groups in total. The summed E-state index contributed by atoms with van der Waals surface area (Å²) >= 11 is 1.49. The summed E-state index contributed by atoms with van der Waals surface area (Å²) in [5, 5.41) is 4.05. The number of hydrogen-bond acceptors (Lipinski definition) is 8. The molecule has 2 aromatic rings. The number of piperidine rings is 1. The van der Waals surface area contributed by atoms with Crippen LogP contribution in [0.2, 0.25) is 0 Å². The normalized spacial score (nSPS) is 19.0. The van der Waals surface area contributed by atoms with Crippen molar-refractivity contribution in [1.82, 2.24) is 20.0 Å². The lowest BCUT2D eigenvalue weighted by Crippen LogP contribution is -2.39. The summed E-state index contributed by atoms with van der Waals surface area (Å²) in [4.78, 5) is 23.6. The molecule has 3 rings (SSSR count). The first kappa shape index (κ1) is 16.1. The highest BCUT2D eigenvalue weighted by Crippen LogP contribution is 2.26. The van der Waals surface area contributed by atoms with Gasteiger partial charge < -0.3 is 9.26 Å². The summed E-state index contributed by atoms with van der Waals surface area (Å²) in [6, 6.07) is 0. The molecule has 0 saturated carbocycles. The predicted molar refractivity (Wildman–Crippen MR) is 84.8 cm³/mol. The number of aryl methyl sites for hydroxylation is 1. The number of hydrogen-bond donors (Lipinski definition) is 0. The number of aromatic nitrogens is 3. The van der Waals surface area contributed by atoms with Crippen LogP contribution in [0.25, 0.3) is 10.8 Å². The van der Waals surface area contributed by atoms with Gasteiger partial charge in [0.25, 0.3) is 5.89 Å². The summed E-state index contributed by atoms with van der Waals surface area (Å²) in [5.41, 5.74) is 2.66. The second kappa shape index (κ2) is 7.18. The van der Waals surface area contributed by atoms with Crippen molar-refractivity contribution in [1.29, 1.82) is 0 Å². The molecule has 1 aliphatic heterocycles. The fraction of sp³-hybridized carbons (Fsp3) is 0.600. The van der Waals surface area contributed by atoms with Crippen LogP contribution < -0.4 is 0 Å². The molecule has 124 valence electrons. The topological polar surface area (TPSA) is 81.4 Å². The zero-order chi connectivity index (χ0) is 16.2. The number of thiazole rings is 1. The van der Waals surface area contributed by atoms with Crippen molar-refractivity contribution in [2.75, 3.05) is 19.7 Å². The van der Waals surface area contributed by atoms with Gasteiger partial charge in [0, 0.05) is 6.54 Å². The van der Waals surface area contributed by atoms with Gasteiger partial charge in [-0.2, -0.15) is 4.98 Å². The molecule has 2 aromatic heterocycles. The average molecular weight is 336 g/mol. The maximum atomic E-state index is 11.9. The molecule has 0 unspecified atom stereocenters. The van der Waals surface area contributed by atoms with Crippen LogP contribution in [0.15, 0.2) is 10.0 Å². The van der Waals surface area contributed by atoms with Gasteiger partial charge in [-0.05, 0) is 33.2 Å². The number of likely N-dealkylation sites (tertiary alicyclic amines) is 1. The molecule has 8 heteroatoms. The summed E-state index contributed by atoms with van der Waals surface area (Å²) in [6.45, 7) is 6.38. The Bertz CT molecular complexity index is 669.